The Morgan fingerprint density at radius 1 is 0.931 bits per heavy atom. The summed E-state index contributed by atoms with van der Waals surface area (Å²) in [6.07, 6.45) is 4.27. The molecule has 1 rings (SSSR count). The van der Waals surface area contributed by atoms with E-state index in [1.165, 1.54) is 6.92 Å². The fourth-order valence-corrected chi connectivity index (χ4v) is 2.67. The number of ether oxygens (including phenoxy) is 3. The molecule has 0 amide bonds. The van der Waals surface area contributed by atoms with Gasteiger partial charge in [-0.3, -0.25) is 9.59 Å². The van der Waals surface area contributed by atoms with E-state index in [0.29, 0.717) is 32.3 Å². The SMILES string of the molecule is COCCCCCC(=O)OCC(CCCC(C)=O)C(=O)OCc1ccccc1.[B]. The minimum Gasteiger partial charge on any atom is -0.465 e. The zero-order valence-corrected chi connectivity index (χ0v) is 17.6. The molecule has 0 spiro atoms. The zero-order valence-electron chi connectivity index (χ0n) is 17.6. The molecule has 0 saturated carbocycles. The monoisotopic (exact) mass is 403 g/mol. The molecule has 0 N–H and O–H groups in total. The highest BCUT2D eigenvalue weighted by molar-refractivity contribution is 5.76. The average Bonchev–Trinajstić information content (AvgIpc) is 2.69. The summed E-state index contributed by atoms with van der Waals surface area (Å²) in [5.74, 6) is -1.20. The van der Waals surface area contributed by atoms with Crippen molar-refractivity contribution >= 4 is 26.1 Å². The number of ketones is 1. The van der Waals surface area contributed by atoms with Gasteiger partial charge in [0.25, 0.3) is 0 Å². The predicted octanol–water partition coefficient (Wildman–Crippen LogP) is 3.47. The maximum absolute atomic E-state index is 12.4. The highest BCUT2D eigenvalue weighted by Crippen LogP contribution is 2.14. The van der Waals surface area contributed by atoms with E-state index in [4.69, 9.17) is 14.2 Å². The number of hydrogen-bond donors (Lipinski definition) is 0. The third kappa shape index (κ3) is 13.6. The number of hydrogen-bond acceptors (Lipinski definition) is 6. The molecule has 159 valence electrons. The zero-order chi connectivity index (χ0) is 20.6. The van der Waals surface area contributed by atoms with Gasteiger partial charge in [0.05, 0.1) is 5.92 Å². The Morgan fingerprint density at radius 2 is 1.66 bits per heavy atom. The van der Waals surface area contributed by atoms with Crippen molar-refractivity contribution in [3.05, 3.63) is 35.9 Å². The first-order valence-electron chi connectivity index (χ1n) is 9.87. The minimum absolute atomic E-state index is 0. The molecular weight excluding hydrogens is 371 g/mol. The summed E-state index contributed by atoms with van der Waals surface area (Å²) in [5.41, 5.74) is 0.895. The van der Waals surface area contributed by atoms with Crippen LogP contribution in [0.2, 0.25) is 0 Å². The lowest BCUT2D eigenvalue weighted by Crippen LogP contribution is -2.24. The summed E-state index contributed by atoms with van der Waals surface area (Å²) in [6.45, 7) is 2.37. The third-order valence-corrected chi connectivity index (χ3v) is 4.31. The van der Waals surface area contributed by atoms with E-state index in [1.54, 1.807) is 7.11 Å². The summed E-state index contributed by atoms with van der Waals surface area (Å²) in [6, 6.07) is 9.40. The van der Waals surface area contributed by atoms with Crippen LogP contribution in [0.15, 0.2) is 30.3 Å². The van der Waals surface area contributed by atoms with Crippen LogP contribution in [0.4, 0.5) is 0 Å². The van der Waals surface area contributed by atoms with E-state index in [1.807, 2.05) is 30.3 Å². The molecule has 1 aromatic carbocycles. The van der Waals surface area contributed by atoms with Gasteiger partial charge in [-0.25, -0.2) is 0 Å². The molecule has 1 aromatic rings. The Hall–Kier alpha value is -2.15. The molecule has 0 aromatic heterocycles. The Labute approximate surface area is 175 Å². The molecule has 0 saturated heterocycles. The Bertz CT molecular complexity index is 590. The van der Waals surface area contributed by atoms with Crippen LogP contribution in [0.1, 0.15) is 57.4 Å². The molecule has 7 heteroatoms. The van der Waals surface area contributed by atoms with Gasteiger partial charge >= 0.3 is 11.9 Å². The normalized spacial score (nSPS) is 11.2. The molecular formula is C22H32BO6. The number of unbranched alkanes of at least 4 members (excludes halogenated alkanes) is 2. The quantitative estimate of drug-likeness (QED) is 0.254. The van der Waals surface area contributed by atoms with E-state index in [9.17, 15) is 14.4 Å². The molecule has 1 atom stereocenters. The molecule has 0 heterocycles. The predicted molar refractivity (Wildman–Crippen MR) is 111 cm³/mol. The van der Waals surface area contributed by atoms with Crippen LogP contribution in [0, 0.1) is 5.92 Å². The molecule has 6 nitrogen and oxygen atoms in total. The number of methoxy groups -OCH3 is 1. The van der Waals surface area contributed by atoms with Crippen molar-refractivity contribution in [2.45, 2.75) is 58.5 Å². The van der Waals surface area contributed by atoms with E-state index in [2.05, 4.69) is 0 Å². The van der Waals surface area contributed by atoms with Gasteiger partial charge in [-0.15, -0.1) is 0 Å². The lowest BCUT2D eigenvalue weighted by Gasteiger charge is -2.16. The molecule has 29 heavy (non-hydrogen) atoms. The van der Waals surface area contributed by atoms with Gasteiger partial charge in [0.2, 0.25) is 0 Å². The summed E-state index contributed by atoms with van der Waals surface area (Å²) in [7, 11) is 1.65. The van der Waals surface area contributed by atoms with Crippen molar-refractivity contribution in [2.75, 3.05) is 20.3 Å². The fourth-order valence-electron chi connectivity index (χ4n) is 2.67. The van der Waals surface area contributed by atoms with Gasteiger partial charge in [-0.05, 0) is 38.2 Å². The molecule has 0 aliphatic rings. The van der Waals surface area contributed by atoms with Crippen molar-refractivity contribution in [2.24, 2.45) is 5.92 Å². The summed E-state index contributed by atoms with van der Waals surface area (Å²) in [5, 5.41) is 0. The highest BCUT2D eigenvalue weighted by atomic mass is 16.5. The molecule has 0 fully saturated rings. The summed E-state index contributed by atoms with van der Waals surface area (Å²) in [4.78, 5) is 35.5. The second-order valence-electron chi connectivity index (χ2n) is 6.87. The first kappa shape index (κ1) is 26.9. The lowest BCUT2D eigenvalue weighted by molar-refractivity contribution is -0.156. The van der Waals surface area contributed by atoms with Gasteiger partial charge < -0.3 is 19.0 Å². The first-order chi connectivity index (χ1) is 13.5. The number of Topliss-reactive ketones (excluding diaryl/α,β-unsaturated/α-hetero) is 1. The van der Waals surface area contributed by atoms with Gasteiger partial charge in [0, 0.05) is 35.0 Å². The first-order valence-corrected chi connectivity index (χ1v) is 9.87. The van der Waals surface area contributed by atoms with E-state index in [0.717, 1.165) is 24.8 Å². The van der Waals surface area contributed by atoms with Crippen LogP contribution in [0.5, 0.6) is 0 Å². The van der Waals surface area contributed by atoms with E-state index < -0.39 is 11.9 Å². The van der Waals surface area contributed by atoms with Crippen molar-refractivity contribution in [1.29, 1.82) is 0 Å². The maximum atomic E-state index is 12.4. The number of esters is 2. The van der Waals surface area contributed by atoms with Crippen molar-refractivity contribution in [3.8, 4) is 0 Å². The molecule has 3 radical (unpaired) electrons. The maximum Gasteiger partial charge on any atom is 0.312 e. The molecule has 0 bridgehead atoms. The summed E-state index contributed by atoms with van der Waals surface area (Å²) >= 11 is 0. The molecule has 0 aliphatic carbocycles. The van der Waals surface area contributed by atoms with Crippen molar-refractivity contribution in [1.82, 2.24) is 0 Å². The smallest absolute Gasteiger partial charge is 0.312 e. The highest BCUT2D eigenvalue weighted by Gasteiger charge is 2.22. The Balaban J connectivity index is 0.00000784. The van der Waals surface area contributed by atoms with Crippen molar-refractivity contribution < 1.29 is 28.6 Å². The topological polar surface area (TPSA) is 78.9 Å². The number of carbonyl (C=O) groups is 3. The largest absolute Gasteiger partial charge is 0.465 e. The minimum atomic E-state index is -0.555. The number of carbonyl (C=O) groups excluding carboxylic acids is 3. The van der Waals surface area contributed by atoms with Crippen LogP contribution in [0.3, 0.4) is 0 Å². The number of benzene rings is 1. The van der Waals surface area contributed by atoms with Gasteiger partial charge in [-0.2, -0.15) is 0 Å². The van der Waals surface area contributed by atoms with Gasteiger partial charge in [0.15, 0.2) is 0 Å². The van der Waals surface area contributed by atoms with E-state index in [-0.39, 0.29) is 33.4 Å². The van der Waals surface area contributed by atoms with E-state index >= 15 is 0 Å². The standard InChI is InChI=1S/C22H32O6.B/c1-18(23)10-9-13-20(17-27-21(24)14-7-4-8-15-26-2)22(25)28-16-19-11-5-3-6-12-19;/h3,5-6,11-12,20H,4,7-10,13-17H2,1-2H3;. The third-order valence-electron chi connectivity index (χ3n) is 4.31. The second-order valence-corrected chi connectivity index (χ2v) is 6.87. The van der Waals surface area contributed by atoms with Gasteiger partial charge in [-0.1, -0.05) is 36.8 Å². The average molecular weight is 403 g/mol. The van der Waals surface area contributed by atoms with Crippen molar-refractivity contribution in [3.63, 3.8) is 0 Å². The lowest BCUT2D eigenvalue weighted by atomic mass is 10.0. The van der Waals surface area contributed by atoms with Gasteiger partial charge in [0.1, 0.15) is 19.0 Å². The Morgan fingerprint density at radius 3 is 2.31 bits per heavy atom. The van der Waals surface area contributed by atoms with Crippen LogP contribution >= 0.6 is 0 Å². The van der Waals surface area contributed by atoms with Crippen LogP contribution in [0.25, 0.3) is 0 Å². The number of rotatable bonds is 15. The van der Waals surface area contributed by atoms with Crippen LogP contribution in [-0.4, -0.2) is 46.5 Å². The Kier molecular flexibility index (Phi) is 15.5. The van der Waals surface area contributed by atoms with Crippen LogP contribution < -0.4 is 0 Å². The molecule has 1 unspecified atom stereocenters. The second kappa shape index (κ2) is 16.8. The summed E-state index contributed by atoms with van der Waals surface area (Å²) < 4.78 is 15.6. The molecule has 0 aliphatic heterocycles. The fraction of sp³-hybridized carbons (Fsp3) is 0.591. The van der Waals surface area contributed by atoms with Crippen LogP contribution in [-0.2, 0) is 35.2 Å².